The summed E-state index contributed by atoms with van der Waals surface area (Å²) in [7, 11) is 0. The predicted molar refractivity (Wildman–Crippen MR) is 92.7 cm³/mol. The van der Waals surface area contributed by atoms with E-state index in [0.29, 0.717) is 24.4 Å². The zero-order valence-electron chi connectivity index (χ0n) is 14.7. The van der Waals surface area contributed by atoms with E-state index in [-0.39, 0.29) is 18.4 Å². The molecule has 0 radical (unpaired) electrons. The summed E-state index contributed by atoms with van der Waals surface area (Å²) in [5, 5.41) is 5.47. The van der Waals surface area contributed by atoms with Crippen molar-refractivity contribution in [3.63, 3.8) is 0 Å². The van der Waals surface area contributed by atoms with Gasteiger partial charge in [-0.3, -0.25) is 14.5 Å². The van der Waals surface area contributed by atoms with Crippen molar-refractivity contribution in [1.29, 1.82) is 0 Å². The number of hydrogen-bond donors (Lipinski definition) is 2. The van der Waals surface area contributed by atoms with E-state index in [1.165, 1.54) is 0 Å². The van der Waals surface area contributed by atoms with Crippen molar-refractivity contribution in [3.8, 4) is 0 Å². The number of anilines is 1. The molecule has 1 fully saturated rings. The zero-order chi connectivity index (χ0) is 17.9. The van der Waals surface area contributed by atoms with Crippen molar-refractivity contribution in [2.24, 2.45) is 0 Å². The van der Waals surface area contributed by atoms with Gasteiger partial charge in [-0.05, 0) is 36.5 Å². The Bertz CT molecular complexity index is 651. The van der Waals surface area contributed by atoms with Crippen LogP contribution in [0.4, 0.5) is 10.5 Å². The van der Waals surface area contributed by atoms with Crippen LogP contribution in [0.5, 0.6) is 0 Å². The number of urea groups is 1. The largest absolute Gasteiger partial charge is 0.325 e. The summed E-state index contributed by atoms with van der Waals surface area (Å²) in [5.41, 5.74) is 0.892. The van der Waals surface area contributed by atoms with Crippen LogP contribution in [-0.4, -0.2) is 34.8 Å². The normalized spacial score (nSPS) is 16.5. The maximum absolute atomic E-state index is 12.5. The molecule has 0 unspecified atom stereocenters. The number of imide groups is 1. The molecule has 0 aromatic heterocycles. The first-order chi connectivity index (χ1) is 11.3. The minimum Gasteiger partial charge on any atom is -0.325 e. The molecule has 0 spiro atoms. The summed E-state index contributed by atoms with van der Waals surface area (Å²) in [4.78, 5) is 37.8. The van der Waals surface area contributed by atoms with Gasteiger partial charge in [0.1, 0.15) is 12.1 Å². The Morgan fingerprint density at radius 2 is 1.92 bits per heavy atom. The van der Waals surface area contributed by atoms with E-state index >= 15 is 0 Å². The molecule has 1 aromatic carbocycles. The van der Waals surface area contributed by atoms with Crippen LogP contribution >= 0.6 is 0 Å². The van der Waals surface area contributed by atoms with E-state index in [1.807, 2.05) is 32.0 Å². The van der Waals surface area contributed by atoms with Crippen molar-refractivity contribution >= 4 is 23.5 Å². The third kappa shape index (κ3) is 3.42. The van der Waals surface area contributed by atoms with E-state index in [9.17, 15) is 14.4 Å². The van der Waals surface area contributed by atoms with E-state index in [4.69, 9.17) is 0 Å². The number of benzene rings is 1. The standard InChI is InChI=1S/C18H25N3O3/c1-5-18(6-2)16(23)21(17(24)20-18)11-15(22)19-14-9-7-8-13(10-14)12(3)4/h7-10,12H,5-6,11H2,1-4H3,(H,19,22)(H,20,24). The molecule has 2 N–H and O–H groups in total. The predicted octanol–water partition coefficient (Wildman–Crippen LogP) is 2.86. The van der Waals surface area contributed by atoms with Crippen molar-refractivity contribution < 1.29 is 14.4 Å². The van der Waals surface area contributed by atoms with E-state index in [1.54, 1.807) is 6.07 Å². The van der Waals surface area contributed by atoms with E-state index in [0.717, 1.165) is 10.5 Å². The smallest absolute Gasteiger partial charge is 0.325 e. The number of nitrogens with zero attached hydrogens (tertiary/aromatic N) is 1. The summed E-state index contributed by atoms with van der Waals surface area (Å²) in [5.74, 6) is -0.367. The molecule has 0 aliphatic carbocycles. The molecule has 6 nitrogen and oxygen atoms in total. The molecule has 24 heavy (non-hydrogen) atoms. The molecule has 1 aliphatic heterocycles. The molecule has 1 aliphatic rings. The SMILES string of the molecule is CCC1(CC)NC(=O)N(CC(=O)Nc2cccc(C(C)C)c2)C1=O. The van der Waals surface area contributed by atoms with Crippen molar-refractivity contribution in [1.82, 2.24) is 10.2 Å². The molecule has 2 rings (SSSR count). The Balaban J connectivity index is 2.06. The Hall–Kier alpha value is -2.37. The zero-order valence-corrected chi connectivity index (χ0v) is 14.7. The van der Waals surface area contributed by atoms with Gasteiger partial charge in [-0.1, -0.05) is 39.8 Å². The summed E-state index contributed by atoms with van der Waals surface area (Å²) < 4.78 is 0. The monoisotopic (exact) mass is 331 g/mol. The molecule has 1 saturated heterocycles. The lowest BCUT2D eigenvalue weighted by molar-refractivity contribution is -0.134. The van der Waals surface area contributed by atoms with E-state index < -0.39 is 11.6 Å². The highest BCUT2D eigenvalue weighted by Crippen LogP contribution is 2.25. The summed E-state index contributed by atoms with van der Waals surface area (Å²) in [6, 6.07) is 7.05. The third-order valence-electron chi connectivity index (χ3n) is 4.59. The van der Waals surface area contributed by atoms with Gasteiger partial charge >= 0.3 is 6.03 Å². The number of amides is 4. The van der Waals surface area contributed by atoms with Crippen LogP contribution in [0.2, 0.25) is 0 Å². The highest BCUT2D eigenvalue weighted by molar-refractivity contribution is 6.10. The average Bonchev–Trinajstić information content (AvgIpc) is 2.79. The second kappa shape index (κ2) is 7.03. The first-order valence-electron chi connectivity index (χ1n) is 8.37. The maximum atomic E-state index is 12.5. The maximum Gasteiger partial charge on any atom is 0.325 e. The molecule has 6 heteroatoms. The minimum absolute atomic E-state index is 0.279. The average molecular weight is 331 g/mol. The van der Waals surface area contributed by atoms with Gasteiger partial charge in [-0.2, -0.15) is 0 Å². The number of carbonyl (C=O) groups is 3. The Labute approximate surface area is 142 Å². The van der Waals surface area contributed by atoms with Gasteiger partial charge in [-0.25, -0.2) is 4.79 Å². The second-order valence-corrected chi connectivity index (χ2v) is 6.44. The van der Waals surface area contributed by atoms with Crippen LogP contribution in [0.15, 0.2) is 24.3 Å². The summed E-state index contributed by atoms with van der Waals surface area (Å²) in [6.45, 7) is 7.57. The number of carbonyl (C=O) groups excluding carboxylic acids is 3. The van der Waals surface area contributed by atoms with Crippen molar-refractivity contribution in [2.45, 2.75) is 52.0 Å². The molecule has 0 atom stereocenters. The first-order valence-corrected chi connectivity index (χ1v) is 8.37. The number of hydrogen-bond acceptors (Lipinski definition) is 3. The topological polar surface area (TPSA) is 78.5 Å². The van der Waals surface area contributed by atoms with Crippen LogP contribution in [0.3, 0.4) is 0 Å². The van der Waals surface area contributed by atoms with Crippen LogP contribution in [-0.2, 0) is 9.59 Å². The lowest BCUT2D eigenvalue weighted by atomic mass is 9.93. The van der Waals surface area contributed by atoms with Crippen molar-refractivity contribution in [2.75, 3.05) is 11.9 Å². The first kappa shape index (κ1) is 18.0. The fourth-order valence-corrected chi connectivity index (χ4v) is 2.87. The van der Waals surface area contributed by atoms with Gasteiger partial charge < -0.3 is 10.6 Å². The van der Waals surface area contributed by atoms with Crippen LogP contribution in [0.25, 0.3) is 0 Å². The molecule has 0 saturated carbocycles. The fourth-order valence-electron chi connectivity index (χ4n) is 2.87. The van der Waals surface area contributed by atoms with Crippen LogP contribution in [0.1, 0.15) is 52.0 Å². The van der Waals surface area contributed by atoms with Crippen LogP contribution in [0, 0.1) is 0 Å². The number of rotatable bonds is 6. The third-order valence-corrected chi connectivity index (χ3v) is 4.59. The molecule has 1 aromatic rings. The Kier molecular flexibility index (Phi) is 5.26. The minimum atomic E-state index is -0.880. The van der Waals surface area contributed by atoms with Gasteiger partial charge in [-0.15, -0.1) is 0 Å². The Morgan fingerprint density at radius 3 is 2.46 bits per heavy atom. The van der Waals surface area contributed by atoms with Gasteiger partial charge in [0.2, 0.25) is 5.91 Å². The van der Waals surface area contributed by atoms with Crippen molar-refractivity contribution in [3.05, 3.63) is 29.8 Å². The molecule has 1 heterocycles. The number of nitrogens with one attached hydrogen (secondary N) is 2. The lowest BCUT2D eigenvalue weighted by Gasteiger charge is -2.23. The molecular formula is C18H25N3O3. The molecule has 4 amide bonds. The summed E-state index contributed by atoms with van der Waals surface area (Å²) >= 11 is 0. The highest BCUT2D eigenvalue weighted by Gasteiger charge is 2.49. The lowest BCUT2D eigenvalue weighted by Crippen LogP contribution is -2.46. The fraction of sp³-hybridized carbons (Fsp3) is 0.500. The summed E-state index contributed by atoms with van der Waals surface area (Å²) in [6.07, 6.45) is 1.01. The van der Waals surface area contributed by atoms with Crippen LogP contribution < -0.4 is 10.6 Å². The molecule has 0 bridgehead atoms. The molecular weight excluding hydrogens is 306 g/mol. The van der Waals surface area contributed by atoms with Gasteiger partial charge in [0.05, 0.1) is 0 Å². The van der Waals surface area contributed by atoms with Gasteiger partial charge in [0.15, 0.2) is 0 Å². The van der Waals surface area contributed by atoms with E-state index in [2.05, 4.69) is 24.5 Å². The highest BCUT2D eigenvalue weighted by atomic mass is 16.2. The quantitative estimate of drug-likeness (QED) is 0.787. The molecule has 130 valence electrons. The Morgan fingerprint density at radius 1 is 1.25 bits per heavy atom. The second-order valence-electron chi connectivity index (χ2n) is 6.44. The van der Waals surface area contributed by atoms with Gasteiger partial charge in [0.25, 0.3) is 5.91 Å². The van der Waals surface area contributed by atoms with Gasteiger partial charge in [0, 0.05) is 5.69 Å².